The Labute approximate surface area is 231 Å². The molecule has 0 bridgehead atoms. The van der Waals surface area contributed by atoms with Gasteiger partial charge in [-0.05, 0) is 42.4 Å². The van der Waals surface area contributed by atoms with Crippen LogP contribution in [0.2, 0.25) is 0 Å². The van der Waals surface area contributed by atoms with Crippen molar-refractivity contribution in [3.05, 3.63) is 107 Å². The lowest BCUT2D eigenvalue weighted by atomic mass is 9.89. The largest absolute Gasteiger partial charge is 0.480 e. The Bertz CT molecular complexity index is 1360. The molecule has 3 aromatic carbocycles. The molecule has 2 aliphatic heterocycles. The summed E-state index contributed by atoms with van der Waals surface area (Å²) in [6, 6.07) is 23.7. The van der Waals surface area contributed by atoms with E-state index >= 15 is 0 Å². The van der Waals surface area contributed by atoms with Crippen molar-refractivity contribution < 1.29 is 24.3 Å². The van der Waals surface area contributed by atoms with Gasteiger partial charge in [0.25, 0.3) is 0 Å². The molecule has 2 heterocycles. The molecule has 0 spiro atoms. The molecule has 0 saturated carbocycles. The highest BCUT2D eigenvalue weighted by Crippen LogP contribution is 2.39. The van der Waals surface area contributed by atoms with Gasteiger partial charge in [0.15, 0.2) is 0 Å². The highest BCUT2D eigenvalue weighted by molar-refractivity contribution is 8.15. The molecule has 1 saturated heterocycles. The average Bonchev–Trinajstić information content (AvgIpc) is 3.08. The van der Waals surface area contributed by atoms with Gasteiger partial charge in [0, 0.05) is 12.0 Å². The first kappa shape index (κ1) is 26.7. The van der Waals surface area contributed by atoms with Crippen LogP contribution in [0, 0.1) is 0 Å². The average molecular weight is 543 g/mol. The Kier molecular flexibility index (Phi) is 8.12. The van der Waals surface area contributed by atoms with Gasteiger partial charge in [-0.3, -0.25) is 14.4 Å². The van der Waals surface area contributed by atoms with Crippen molar-refractivity contribution in [2.75, 3.05) is 0 Å². The molecule has 0 aliphatic carbocycles. The second-order valence-corrected chi connectivity index (χ2v) is 11.1. The third kappa shape index (κ3) is 5.91. The fourth-order valence-corrected chi connectivity index (χ4v) is 6.53. The maximum Gasteiger partial charge on any atom is 0.326 e. The molecule has 1 fully saturated rings. The van der Waals surface area contributed by atoms with Crippen molar-refractivity contribution >= 4 is 34.7 Å². The van der Waals surface area contributed by atoms with E-state index in [9.17, 15) is 24.3 Å². The van der Waals surface area contributed by atoms with Crippen LogP contribution in [0.3, 0.4) is 0 Å². The van der Waals surface area contributed by atoms with E-state index in [1.807, 2.05) is 60.7 Å². The predicted octanol–water partition coefficient (Wildman–Crippen LogP) is 4.42. The molecule has 2 N–H and O–H groups in total. The van der Waals surface area contributed by atoms with Gasteiger partial charge in [-0.25, -0.2) is 4.79 Å². The number of aliphatic carboxylic acids is 1. The first-order chi connectivity index (χ1) is 18.9. The van der Waals surface area contributed by atoms with Crippen LogP contribution in [0.4, 0.5) is 0 Å². The molecule has 8 heteroatoms. The zero-order valence-electron chi connectivity index (χ0n) is 21.4. The van der Waals surface area contributed by atoms with Gasteiger partial charge in [-0.2, -0.15) is 0 Å². The number of nitrogens with zero attached hydrogens (tertiary/aromatic N) is 1. The summed E-state index contributed by atoms with van der Waals surface area (Å²) in [5.74, 6) is -1.86. The zero-order chi connectivity index (χ0) is 27.4. The summed E-state index contributed by atoms with van der Waals surface area (Å²) in [6.07, 6.45) is 2.31. The SMILES string of the molecule is O=C(S[C@H](Cc1ccccc1)C(=O)NC1Cc2ccccc2C2CCCC(C(=O)O)N2C1=O)c1ccccc1. The van der Waals surface area contributed by atoms with Crippen LogP contribution in [-0.4, -0.2) is 50.2 Å². The van der Waals surface area contributed by atoms with Gasteiger partial charge < -0.3 is 15.3 Å². The van der Waals surface area contributed by atoms with Gasteiger partial charge in [0.2, 0.25) is 16.9 Å². The lowest BCUT2D eigenvalue weighted by Gasteiger charge is -2.40. The van der Waals surface area contributed by atoms with E-state index < -0.39 is 35.1 Å². The molecule has 39 heavy (non-hydrogen) atoms. The Morgan fingerprint density at radius 1 is 0.923 bits per heavy atom. The second-order valence-electron chi connectivity index (χ2n) is 9.96. The molecule has 2 aliphatic rings. The number of carbonyl (C=O) groups excluding carboxylic acids is 3. The molecule has 0 aromatic heterocycles. The molecule has 4 atom stereocenters. The normalized spacial score (nSPS) is 21.2. The van der Waals surface area contributed by atoms with Crippen molar-refractivity contribution in [1.82, 2.24) is 10.2 Å². The van der Waals surface area contributed by atoms with Crippen LogP contribution in [-0.2, 0) is 27.2 Å². The van der Waals surface area contributed by atoms with Crippen molar-refractivity contribution in [3.63, 3.8) is 0 Å². The summed E-state index contributed by atoms with van der Waals surface area (Å²) < 4.78 is 0. The Morgan fingerprint density at radius 3 is 2.31 bits per heavy atom. The van der Waals surface area contributed by atoms with Crippen LogP contribution in [0.1, 0.15) is 52.4 Å². The molecule has 5 rings (SSSR count). The van der Waals surface area contributed by atoms with E-state index in [1.54, 1.807) is 24.3 Å². The van der Waals surface area contributed by atoms with Crippen molar-refractivity contribution in [2.45, 2.75) is 55.5 Å². The summed E-state index contributed by atoms with van der Waals surface area (Å²) in [6.45, 7) is 0. The third-order valence-electron chi connectivity index (χ3n) is 7.43. The highest BCUT2D eigenvalue weighted by atomic mass is 32.2. The molecular weight excluding hydrogens is 512 g/mol. The maximum absolute atomic E-state index is 13.9. The monoisotopic (exact) mass is 542 g/mol. The number of thioether (sulfide) groups is 1. The standard InChI is InChI=1S/C31H30N2O5S/c34-28(27(18-20-10-3-1-4-11-20)39-31(38)21-12-5-2-6-13-21)32-24-19-22-14-7-8-15-23(22)25-16-9-17-26(30(36)37)33(25)29(24)35/h1-8,10-15,24-27H,9,16-19H2,(H,32,34)(H,36,37)/t24?,25?,26?,27-/m1/s1. The molecule has 3 aromatic rings. The number of hydrogen-bond acceptors (Lipinski definition) is 5. The van der Waals surface area contributed by atoms with Crippen LogP contribution in [0.5, 0.6) is 0 Å². The minimum atomic E-state index is -1.04. The first-order valence-electron chi connectivity index (χ1n) is 13.2. The highest BCUT2D eigenvalue weighted by Gasteiger charge is 2.45. The number of carbonyl (C=O) groups is 4. The lowest BCUT2D eigenvalue weighted by Crippen LogP contribution is -2.56. The first-order valence-corrected chi connectivity index (χ1v) is 14.0. The molecule has 200 valence electrons. The predicted molar refractivity (Wildman–Crippen MR) is 149 cm³/mol. The quantitative estimate of drug-likeness (QED) is 0.458. The summed E-state index contributed by atoms with van der Waals surface area (Å²) in [4.78, 5) is 54.3. The van der Waals surface area contributed by atoms with Crippen molar-refractivity contribution in [2.24, 2.45) is 0 Å². The number of nitrogens with one attached hydrogen (secondary N) is 1. The van der Waals surface area contributed by atoms with E-state index in [2.05, 4.69) is 5.32 Å². The van der Waals surface area contributed by atoms with Gasteiger partial charge in [0.05, 0.1) is 11.3 Å². The number of piperidine rings is 1. The van der Waals surface area contributed by atoms with E-state index in [-0.39, 0.29) is 17.6 Å². The smallest absolute Gasteiger partial charge is 0.326 e. The summed E-state index contributed by atoms with van der Waals surface area (Å²) in [5, 5.41) is 11.9. The summed E-state index contributed by atoms with van der Waals surface area (Å²) in [5.41, 5.74) is 3.24. The van der Waals surface area contributed by atoms with Gasteiger partial charge in [0.1, 0.15) is 12.1 Å². The third-order valence-corrected chi connectivity index (χ3v) is 8.55. The maximum atomic E-state index is 13.9. The van der Waals surface area contributed by atoms with Gasteiger partial charge in [-0.15, -0.1) is 0 Å². The lowest BCUT2D eigenvalue weighted by molar-refractivity contribution is -0.156. The van der Waals surface area contributed by atoms with E-state index in [0.717, 1.165) is 28.5 Å². The number of amides is 2. The summed E-state index contributed by atoms with van der Waals surface area (Å²) in [7, 11) is 0. The number of carboxylic acid groups (broad SMARTS) is 1. The van der Waals surface area contributed by atoms with E-state index in [4.69, 9.17) is 0 Å². The van der Waals surface area contributed by atoms with Crippen LogP contribution >= 0.6 is 11.8 Å². The number of benzene rings is 3. The molecule has 0 radical (unpaired) electrons. The zero-order valence-corrected chi connectivity index (χ0v) is 22.2. The number of rotatable bonds is 7. The Hall–Kier alpha value is -3.91. The van der Waals surface area contributed by atoms with Crippen molar-refractivity contribution in [3.8, 4) is 0 Å². The van der Waals surface area contributed by atoms with Crippen molar-refractivity contribution in [1.29, 1.82) is 0 Å². The number of carboxylic acids is 1. The molecular formula is C31H30N2O5S. The minimum absolute atomic E-state index is 0.230. The Balaban J connectivity index is 1.43. The Morgan fingerprint density at radius 2 is 1.59 bits per heavy atom. The topological polar surface area (TPSA) is 104 Å². The van der Waals surface area contributed by atoms with E-state index in [1.165, 1.54) is 4.90 Å². The molecule has 3 unspecified atom stereocenters. The number of hydrogen-bond donors (Lipinski definition) is 2. The number of fused-ring (bicyclic) bond motifs is 3. The van der Waals surface area contributed by atoms with Crippen LogP contribution in [0.15, 0.2) is 84.9 Å². The van der Waals surface area contributed by atoms with Crippen LogP contribution < -0.4 is 5.32 Å². The minimum Gasteiger partial charge on any atom is -0.480 e. The fraction of sp³-hybridized carbons (Fsp3) is 0.290. The van der Waals surface area contributed by atoms with Crippen LogP contribution in [0.25, 0.3) is 0 Å². The summed E-state index contributed by atoms with van der Waals surface area (Å²) >= 11 is 0.940. The fourth-order valence-electron chi connectivity index (χ4n) is 5.55. The van der Waals surface area contributed by atoms with E-state index in [0.29, 0.717) is 31.2 Å². The molecule has 2 amide bonds. The van der Waals surface area contributed by atoms with Gasteiger partial charge in [-0.1, -0.05) is 96.7 Å². The molecule has 7 nitrogen and oxygen atoms in total. The second kappa shape index (κ2) is 11.9. The van der Waals surface area contributed by atoms with Gasteiger partial charge >= 0.3 is 5.97 Å².